The standard InChI is InChI=1S/C7H15N3O/c8-3-4-9-5-6-1-2-7(11)10-6/h6,9H,1-5,8H2,(H,10,11). The van der Waals surface area contributed by atoms with Crippen LogP contribution in [0.3, 0.4) is 0 Å². The molecule has 0 saturated carbocycles. The molecule has 4 nitrogen and oxygen atoms in total. The van der Waals surface area contributed by atoms with Crippen molar-refractivity contribution in [3.05, 3.63) is 0 Å². The van der Waals surface area contributed by atoms with Gasteiger partial charge in [0.05, 0.1) is 0 Å². The number of rotatable bonds is 4. The molecule has 1 amide bonds. The molecule has 11 heavy (non-hydrogen) atoms. The van der Waals surface area contributed by atoms with Crippen LogP contribution in [0.1, 0.15) is 12.8 Å². The minimum atomic E-state index is 0.171. The smallest absolute Gasteiger partial charge is 0.220 e. The van der Waals surface area contributed by atoms with E-state index in [0.717, 1.165) is 19.5 Å². The van der Waals surface area contributed by atoms with Crippen LogP contribution in [0.2, 0.25) is 0 Å². The second-order valence-electron chi connectivity index (χ2n) is 2.80. The van der Waals surface area contributed by atoms with E-state index in [1.165, 1.54) is 0 Å². The highest BCUT2D eigenvalue weighted by atomic mass is 16.1. The lowest BCUT2D eigenvalue weighted by atomic mass is 10.2. The summed E-state index contributed by atoms with van der Waals surface area (Å²) in [5.41, 5.74) is 5.29. The Hall–Kier alpha value is -0.610. The molecule has 0 radical (unpaired) electrons. The first-order valence-corrected chi connectivity index (χ1v) is 4.03. The topological polar surface area (TPSA) is 67.1 Å². The van der Waals surface area contributed by atoms with Crippen molar-refractivity contribution in [3.63, 3.8) is 0 Å². The fourth-order valence-corrected chi connectivity index (χ4v) is 1.21. The molecule has 0 aromatic carbocycles. The van der Waals surface area contributed by atoms with Crippen molar-refractivity contribution >= 4 is 5.91 Å². The van der Waals surface area contributed by atoms with Gasteiger partial charge in [0, 0.05) is 32.1 Å². The molecule has 1 heterocycles. The molecule has 0 aromatic heterocycles. The SMILES string of the molecule is NCCNCC1CCC(=O)N1. The first-order chi connectivity index (χ1) is 5.33. The molecule has 4 N–H and O–H groups in total. The summed E-state index contributed by atoms with van der Waals surface area (Å²) in [7, 11) is 0. The maximum atomic E-state index is 10.7. The van der Waals surface area contributed by atoms with Gasteiger partial charge in [0.1, 0.15) is 0 Å². The maximum absolute atomic E-state index is 10.7. The van der Waals surface area contributed by atoms with Crippen molar-refractivity contribution < 1.29 is 4.79 Å². The lowest BCUT2D eigenvalue weighted by Crippen LogP contribution is -2.37. The highest BCUT2D eigenvalue weighted by Crippen LogP contribution is 2.04. The fraction of sp³-hybridized carbons (Fsp3) is 0.857. The second-order valence-corrected chi connectivity index (χ2v) is 2.80. The second kappa shape index (κ2) is 4.31. The molecule has 1 saturated heterocycles. The van der Waals surface area contributed by atoms with Crippen LogP contribution in [-0.2, 0) is 4.79 Å². The zero-order valence-corrected chi connectivity index (χ0v) is 6.60. The molecule has 1 fully saturated rings. The summed E-state index contributed by atoms with van der Waals surface area (Å²) in [5, 5.41) is 6.03. The van der Waals surface area contributed by atoms with Gasteiger partial charge >= 0.3 is 0 Å². The highest BCUT2D eigenvalue weighted by Gasteiger charge is 2.19. The molecule has 1 aliphatic heterocycles. The van der Waals surface area contributed by atoms with Gasteiger partial charge in [0.25, 0.3) is 0 Å². The zero-order chi connectivity index (χ0) is 8.10. The largest absolute Gasteiger partial charge is 0.352 e. The summed E-state index contributed by atoms with van der Waals surface area (Å²) < 4.78 is 0. The van der Waals surface area contributed by atoms with Crippen molar-refractivity contribution in [2.45, 2.75) is 18.9 Å². The minimum Gasteiger partial charge on any atom is -0.352 e. The van der Waals surface area contributed by atoms with Gasteiger partial charge in [0.2, 0.25) is 5.91 Å². The summed E-state index contributed by atoms with van der Waals surface area (Å²) in [6, 6.07) is 0.328. The predicted octanol–water partition coefficient (Wildman–Crippen LogP) is -1.19. The first kappa shape index (κ1) is 8.49. The minimum absolute atomic E-state index is 0.171. The van der Waals surface area contributed by atoms with Crippen LogP contribution in [0.4, 0.5) is 0 Å². The number of carbonyl (C=O) groups is 1. The number of nitrogens with one attached hydrogen (secondary N) is 2. The molecule has 4 heteroatoms. The molecule has 1 atom stereocenters. The Morgan fingerprint density at radius 1 is 1.73 bits per heavy atom. The summed E-state index contributed by atoms with van der Waals surface area (Å²) in [6.45, 7) is 2.33. The van der Waals surface area contributed by atoms with E-state index in [2.05, 4.69) is 10.6 Å². The van der Waals surface area contributed by atoms with Crippen molar-refractivity contribution in [1.82, 2.24) is 10.6 Å². The van der Waals surface area contributed by atoms with Gasteiger partial charge in [-0.2, -0.15) is 0 Å². The van der Waals surface area contributed by atoms with E-state index in [9.17, 15) is 4.79 Å². The Bertz CT molecular complexity index is 138. The molecule has 0 spiro atoms. The highest BCUT2D eigenvalue weighted by molar-refractivity contribution is 5.78. The van der Waals surface area contributed by atoms with E-state index >= 15 is 0 Å². The van der Waals surface area contributed by atoms with E-state index in [1.54, 1.807) is 0 Å². The van der Waals surface area contributed by atoms with Gasteiger partial charge in [-0.1, -0.05) is 0 Å². The Labute approximate surface area is 66.5 Å². The third kappa shape index (κ3) is 2.86. The fourth-order valence-electron chi connectivity index (χ4n) is 1.21. The van der Waals surface area contributed by atoms with Crippen LogP contribution >= 0.6 is 0 Å². The monoisotopic (exact) mass is 157 g/mol. The van der Waals surface area contributed by atoms with Gasteiger partial charge in [-0.3, -0.25) is 4.79 Å². The zero-order valence-electron chi connectivity index (χ0n) is 6.60. The van der Waals surface area contributed by atoms with Crippen molar-refractivity contribution in [3.8, 4) is 0 Å². The molecule has 1 rings (SSSR count). The summed E-state index contributed by atoms with van der Waals surface area (Å²) in [6.07, 6.45) is 1.63. The van der Waals surface area contributed by atoms with E-state index in [0.29, 0.717) is 19.0 Å². The van der Waals surface area contributed by atoms with Gasteiger partial charge in [-0.15, -0.1) is 0 Å². The third-order valence-corrected chi connectivity index (χ3v) is 1.80. The average molecular weight is 157 g/mol. The lowest BCUT2D eigenvalue weighted by molar-refractivity contribution is -0.119. The Morgan fingerprint density at radius 2 is 2.55 bits per heavy atom. The van der Waals surface area contributed by atoms with Gasteiger partial charge < -0.3 is 16.4 Å². The van der Waals surface area contributed by atoms with Crippen LogP contribution in [0.15, 0.2) is 0 Å². The molecule has 1 aliphatic rings. The quantitative estimate of drug-likeness (QED) is 0.450. The predicted molar refractivity (Wildman–Crippen MR) is 43.1 cm³/mol. The number of carbonyl (C=O) groups excluding carboxylic acids is 1. The van der Waals surface area contributed by atoms with Crippen molar-refractivity contribution in [2.24, 2.45) is 5.73 Å². The van der Waals surface area contributed by atoms with Crippen molar-refractivity contribution in [1.29, 1.82) is 0 Å². The molecular formula is C7H15N3O. The summed E-state index contributed by atoms with van der Waals surface area (Å²) in [5.74, 6) is 0.171. The van der Waals surface area contributed by atoms with Crippen LogP contribution in [0.25, 0.3) is 0 Å². The van der Waals surface area contributed by atoms with Gasteiger partial charge in [-0.25, -0.2) is 0 Å². The number of amides is 1. The van der Waals surface area contributed by atoms with E-state index in [-0.39, 0.29) is 5.91 Å². The summed E-state index contributed by atoms with van der Waals surface area (Å²) in [4.78, 5) is 10.7. The van der Waals surface area contributed by atoms with Crippen LogP contribution in [0.5, 0.6) is 0 Å². The van der Waals surface area contributed by atoms with Crippen LogP contribution < -0.4 is 16.4 Å². The third-order valence-electron chi connectivity index (χ3n) is 1.80. The molecule has 0 bridgehead atoms. The molecule has 0 aliphatic carbocycles. The van der Waals surface area contributed by atoms with E-state index in [4.69, 9.17) is 5.73 Å². The van der Waals surface area contributed by atoms with Crippen molar-refractivity contribution in [2.75, 3.05) is 19.6 Å². The van der Waals surface area contributed by atoms with E-state index < -0.39 is 0 Å². The first-order valence-electron chi connectivity index (χ1n) is 4.03. The van der Waals surface area contributed by atoms with Crippen LogP contribution in [0, 0.1) is 0 Å². The molecule has 0 aromatic rings. The molecule has 64 valence electrons. The summed E-state index contributed by atoms with van der Waals surface area (Å²) >= 11 is 0. The normalized spacial score (nSPS) is 23.7. The number of hydrogen-bond donors (Lipinski definition) is 3. The Balaban J connectivity index is 2.04. The Kier molecular flexibility index (Phi) is 3.32. The average Bonchev–Trinajstić information content (AvgIpc) is 2.37. The van der Waals surface area contributed by atoms with Crippen LogP contribution in [-0.4, -0.2) is 31.6 Å². The maximum Gasteiger partial charge on any atom is 0.220 e. The van der Waals surface area contributed by atoms with Gasteiger partial charge in [0.15, 0.2) is 0 Å². The molecule has 1 unspecified atom stereocenters. The lowest BCUT2D eigenvalue weighted by Gasteiger charge is -2.09. The molecular weight excluding hydrogens is 142 g/mol. The van der Waals surface area contributed by atoms with E-state index in [1.807, 2.05) is 0 Å². The number of nitrogens with two attached hydrogens (primary N) is 1. The number of hydrogen-bond acceptors (Lipinski definition) is 3. The van der Waals surface area contributed by atoms with Gasteiger partial charge in [-0.05, 0) is 6.42 Å². The Morgan fingerprint density at radius 3 is 3.09 bits per heavy atom.